The monoisotopic (exact) mass is 626 g/mol. The van der Waals surface area contributed by atoms with E-state index in [1.54, 1.807) is 6.07 Å². The number of anilines is 1. The van der Waals surface area contributed by atoms with E-state index in [4.69, 9.17) is 4.74 Å². The highest BCUT2D eigenvalue weighted by Crippen LogP contribution is 2.30. The van der Waals surface area contributed by atoms with Crippen LogP contribution in [0.4, 0.5) is 15.8 Å². The number of aryl methyl sites for hydroxylation is 1. The first-order valence-electron chi connectivity index (χ1n) is 14.2. The molecule has 1 atom stereocenters. The zero-order valence-corrected chi connectivity index (χ0v) is 25.6. The molecule has 0 aliphatic heterocycles. The molecule has 1 aliphatic carbocycles. The molecule has 0 unspecified atom stereocenters. The minimum absolute atomic E-state index is 0.0381. The molecular weight excluding hydrogens is 591 g/mol. The van der Waals surface area contributed by atoms with Crippen LogP contribution in [-0.2, 0) is 26.2 Å². The lowest BCUT2D eigenvalue weighted by molar-refractivity contribution is -0.385. The van der Waals surface area contributed by atoms with E-state index in [-0.39, 0.29) is 29.4 Å². The summed E-state index contributed by atoms with van der Waals surface area (Å²) in [6.45, 7) is 1.93. The lowest BCUT2D eigenvalue weighted by Gasteiger charge is -2.32. The molecular formula is C31H35FN4O7S. The Hall–Kier alpha value is -4.52. The second-order valence-electron chi connectivity index (χ2n) is 10.7. The van der Waals surface area contributed by atoms with Gasteiger partial charge in [-0.3, -0.25) is 24.0 Å². The second kappa shape index (κ2) is 13.8. The Bertz CT molecular complexity index is 1630. The largest absolute Gasteiger partial charge is 0.497 e. The Morgan fingerprint density at radius 3 is 2.36 bits per heavy atom. The average Bonchev–Trinajstić information content (AvgIpc) is 3.52. The normalized spacial score (nSPS) is 14.1. The molecule has 44 heavy (non-hydrogen) atoms. The number of halogens is 1. The third-order valence-corrected chi connectivity index (χ3v) is 9.54. The van der Waals surface area contributed by atoms with E-state index in [9.17, 15) is 32.5 Å². The van der Waals surface area contributed by atoms with Crippen LogP contribution in [0.3, 0.4) is 0 Å². The highest BCUT2D eigenvalue weighted by atomic mass is 32.2. The van der Waals surface area contributed by atoms with Gasteiger partial charge in [-0.1, -0.05) is 37.1 Å². The van der Waals surface area contributed by atoms with Crippen LogP contribution >= 0.6 is 0 Å². The fourth-order valence-corrected chi connectivity index (χ4v) is 6.57. The first-order chi connectivity index (χ1) is 20.9. The van der Waals surface area contributed by atoms with Crippen LogP contribution in [0.15, 0.2) is 71.6 Å². The van der Waals surface area contributed by atoms with E-state index < -0.39 is 55.7 Å². The SMILES string of the molecule is COc1ccc(N(CC(=O)N(Cc2ccccc2F)[C@H](C)C(=O)NC2CCCC2)S(=O)(=O)c2ccc(C)c([N+](=O)[O-])c2)cc1. The van der Waals surface area contributed by atoms with Gasteiger partial charge in [-0.25, -0.2) is 12.8 Å². The van der Waals surface area contributed by atoms with Crippen molar-refractivity contribution in [3.63, 3.8) is 0 Å². The van der Waals surface area contributed by atoms with E-state index >= 15 is 0 Å². The van der Waals surface area contributed by atoms with Gasteiger partial charge in [0.25, 0.3) is 15.7 Å². The van der Waals surface area contributed by atoms with Crippen LogP contribution in [-0.4, -0.2) is 55.8 Å². The van der Waals surface area contributed by atoms with Crippen LogP contribution < -0.4 is 14.4 Å². The number of rotatable bonds is 12. The highest BCUT2D eigenvalue weighted by Gasteiger charge is 2.34. The van der Waals surface area contributed by atoms with Gasteiger partial charge < -0.3 is 15.0 Å². The van der Waals surface area contributed by atoms with E-state index in [0.717, 1.165) is 41.0 Å². The van der Waals surface area contributed by atoms with Crippen molar-refractivity contribution in [3.05, 3.63) is 93.8 Å². The Morgan fingerprint density at radius 1 is 1.09 bits per heavy atom. The van der Waals surface area contributed by atoms with Crippen molar-refractivity contribution in [2.75, 3.05) is 18.0 Å². The quantitative estimate of drug-likeness (QED) is 0.227. The molecule has 4 rings (SSSR count). The summed E-state index contributed by atoms with van der Waals surface area (Å²) in [5, 5.41) is 14.6. The fourth-order valence-electron chi connectivity index (χ4n) is 5.14. The van der Waals surface area contributed by atoms with Gasteiger partial charge in [-0.05, 0) is 63.1 Å². The molecule has 1 fully saturated rings. The minimum atomic E-state index is -4.55. The average molecular weight is 627 g/mol. The van der Waals surface area contributed by atoms with Gasteiger partial charge in [-0.15, -0.1) is 0 Å². The maximum absolute atomic E-state index is 14.7. The highest BCUT2D eigenvalue weighted by molar-refractivity contribution is 7.92. The predicted octanol–water partition coefficient (Wildman–Crippen LogP) is 4.72. The Morgan fingerprint density at radius 2 is 1.75 bits per heavy atom. The van der Waals surface area contributed by atoms with Crippen molar-refractivity contribution in [3.8, 4) is 5.75 Å². The van der Waals surface area contributed by atoms with Crippen molar-refractivity contribution >= 4 is 33.2 Å². The summed E-state index contributed by atoms with van der Waals surface area (Å²) in [6.07, 6.45) is 3.57. The predicted molar refractivity (Wildman–Crippen MR) is 162 cm³/mol. The van der Waals surface area contributed by atoms with Crippen molar-refractivity contribution in [2.24, 2.45) is 0 Å². The van der Waals surface area contributed by atoms with Gasteiger partial charge in [0.05, 0.1) is 22.6 Å². The number of carbonyl (C=O) groups excluding carboxylic acids is 2. The number of nitrogens with zero attached hydrogens (tertiary/aromatic N) is 3. The van der Waals surface area contributed by atoms with Crippen molar-refractivity contribution in [1.29, 1.82) is 0 Å². The van der Waals surface area contributed by atoms with E-state index in [2.05, 4.69) is 5.32 Å². The van der Waals surface area contributed by atoms with Gasteiger partial charge in [0, 0.05) is 29.8 Å². The van der Waals surface area contributed by atoms with Gasteiger partial charge in [0.2, 0.25) is 11.8 Å². The Labute approximate surface area is 255 Å². The molecule has 0 saturated heterocycles. The third-order valence-electron chi connectivity index (χ3n) is 7.77. The summed E-state index contributed by atoms with van der Waals surface area (Å²) >= 11 is 0. The van der Waals surface area contributed by atoms with Crippen molar-refractivity contribution in [2.45, 2.75) is 63.1 Å². The molecule has 1 aliphatic rings. The summed E-state index contributed by atoms with van der Waals surface area (Å²) in [7, 11) is -3.11. The van der Waals surface area contributed by atoms with Gasteiger partial charge >= 0.3 is 0 Å². The van der Waals surface area contributed by atoms with Crippen LogP contribution in [0.5, 0.6) is 5.75 Å². The fraction of sp³-hybridized carbons (Fsp3) is 0.355. The minimum Gasteiger partial charge on any atom is -0.497 e. The van der Waals surface area contributed by atoms with Gasteiger partial charge in [-0.2, -0.15) is 0 Å². The molecule has 0 bridgehead atoms. The zero-order chi connectivity index (χ0) is 32.0. The molecule has 0 heterocycles. The molecule has 0 aromatic heterocycles. The number of amides is 2. The molecule has 0 spiro atoms. The lowest BCUT2D eigenvalue weighted by Crippen LogP contribution is -2.52. The van der Waals surface area contributed by atoms with Crippen LogP contribution in [0.25, 0.3) is 0 Å². The lowest BCUT2D eigenvalue weighted by atomic mass is 10.1. The van der Waals surface area contributed by atoms with E-state index in [1.807, 2.05) is 0 Å². The van der Waals surface area contributed by atoms with E-state index in [0.29, 0.717) is 5.75 Å². The summed E-state index contributed by atoms with van der Waals surface area (Å²) in [4.78, 5) is 39.0. The number of nitrogens with one attached hydrogen (secondary N) is 1. The Kier molecular flexibility index (Phi) is 10.2. The van der Waals surface area contributed by atoms with Crippen molar-refractivity contribution < 1.29 is 32.1 Å². The number of nitro benzene ring substituents is 1. The van der Waals surface area contributed by atoms with Gasteiger partial charge in [0.15, 0.2) is 0 Å². The smallest absolute Gasteiger partial charge is 0.273 e. The molecule has 3 aromatic carbocycles. The molecule has 1 N–H and O–H groups in total. The summed E-state index contributed by atoms with van der Waals surface area (Å²) in [6, 6.07) is 14.1. The van der Waals surface area contributed by atoms with Crippen LogP contribution in [0.2, 0.25) is 0 Å². The number of hydrogen-bond acceptors (Lipinski definition) is 7. The van der Waals surface area contributed by atoms with Gasteiger partial charge in [0.1, 0.15) is 24.2 Å². The molecule has 234 valence electrons. The first-order valence-corrected chi connectivity index (χ1v) is 15.6. The first kappa shape index (κ1) is 32.4. The summed E-state index contributed by atoms with van der Waals surface area (Å²) in [5.41, 5.74) is 0.0929. The maximum atomic E-state index is 14.7. The summed E-state index contributed by atoms with van der Waals surface area (Å²) in [5.74, 6) is -1.36. The number of carbonyl (C=O) groups is 2. The van der Waals surface area contributed by atoms with Crippen molar-refractivity contribution in [1.82, 2.24) is 10.2 Å². The van der Waals surface area contributed by atoms with Crippen LogP contribution in [0, 0.1) is 22.9 Å². The molecule has 1 saturated carbocycles. The second-order valence-corrected chi connectivity index (χ2v) is 12.6. The number of methoxy groups -OCH3 is 1. The summed E-state index contributed by atoms with van der Waals surface area (Å²) < 4.78 is 48.8. The zero-order valence-electron chi connectivity index (χ0n) is 24.7. The number of benzene rings is 3. The standard InChI is InChI=1S/C31H35FN4O7S/c1-21-12-17-27(18-29(21)36(39)40)44(41,42)35(25-13-15-26(43-3)16-14-25)20-30(37)34(19-23-8-4-7-11-28(23)32)22(2)31(38)33-24-9-5-6-10-24/h4,7-8,11-18,22,24H,5-6,9-10,19-20H2,1-3H3,(H,33,38)/t22-/m1/s1. The molecule has 0 radical (unpaired) electrons. The third kappa shape index (κ3) is 7.33. The number of nitro groups is 1. The maximum Gasteiger partial charge on any atom is 0.273 e. The molecule has 2 amide bonds. The molecule has 3 aromatic rings. The molecule has 13 heteroatoms. The van der Waals surface area contributed by atoms with E-state index in [1.165, 1.54) is 75.6 Å². The van der Waals surface area contributed by atoms with Crippen LogP contribution in [0.1, 0.15) is 43.7 Å². The Balaban J connectivity index is 1.74. The number of ether oxygens (including phenoxy) is 1. The number of sulfonamides is 1. The molecule has 11 nitrogen and oxygen atoms in total. The topological polar surface area (TPSA) is 139 Å². The number of hydrogen-bond donors (Lipinski definition) is 1.